The van der Waals surface area contributed by atoms with Crippen LogP contribution in [-0.2, 0) is 5.11 Å². The van der Waals surface area contributed by atoms with E-state index in [1.54, 1.807) is 5.92 Å². The molecule has 0 saturated carbocycles. The van der Waals surface area contributed by atoms with Gasteiger partial charge in [-0.3, -0.25) is 0 Å². The second kappa shape index (κ2) is 4.54. The Morgan fingerprint density at radius 3 is 2.50 bits per heavy atom. The molecule has 1 nitrogen and oxygen atoms in total. The van der Waals surface area contributed by atoms with Crippen LogP contribution < -0.4 is 0 Å². The predicted octanol–water partition coefficient (Wildman–Crippen LogP) is 1.08. The molecule has 0 aromatic heterocycles. The summed E-state index contributed by atoms with van der Waals surface area (Å²) in [4.78, 5) is 0. The third kappa shape index (κ3) is 5.38. The maximum atomic E-state index is 11.1. The number of alkyl halides is 2. The van der Waals surface area contributed by atoms with Gasteiger partial charge in [-0.1, -0.05) is 5.92 Å². The highest BCUT2D eigenvalue weighted by atomic mass is 19.3. The molecule has 0 aliphatic carbocycles. The van der Waals surface area contributed by atoms with Gasteiger partial charge < -0.3 is 0 Å². The molecule has 0 aliphatic heterocycles. The predicted molar refractivity (Wildman–Crippen MR) is 24.0 cm³/mol. The van der Waals surface area contributed by atoms with Crippen molar-refractivity contribution in [2.45, 2.75) is 12.8 Å². The molecule has 0 amide bonds. The van der Waals surface area contributed by atoms with Gasteiger partial charge in [0.15, 0.2) is 0 Å². The van der Waals surface area contributed by atoms with Gasteiger partial charge in [0, 0.05) is 6.42 Å². The van der Waals surface area contributed by atoms with E-state index in [0.717, 1.165) is 0 Å². The lowest BCUT2D eigenvalue weighted by molar-refractivity contribution is 0.200. The minimum Gasteiger partial charge on any atom is -0.236 e. The van der Waals surface area contributed by atoms with Crippen molar-refractivity contribution in [3.05, 3.63) is 0 Å². The minimum absolute atomic E-state index is 0.0182. The first-order valence-electron chi connectivity index (χ1n) is 2.12. The van der Waals surface area contributed by atoms with E-state index in [4.69, 9.17) is 0 Å². The number of hydrogen-bond donors (Lipinski definition) is 0. The highest BCUT2D eigenvalue weighted by Crippen LogP contribution is 1.86. The standard InChI is InChI=1S/C5H5F2O/c6-5(7)3-1-2-4-8/h5H,2,4H2. The van der Waals surface area contributed by atoms with E-state index in [0.29, 0.717) is 0 Å². The third-order valence-electron chi connectivity index (χ3n) is 0.438. The molecule has 0 aromatic carbocycles. The lowest BCUT2D eigenvalue weighted by Gasteiger charge is -1.77. The van der Waals surface area contributed by atoms with Crippen LogP contribution in [0.4, 0.5) is 8.78 Å². The molecule has 45 valence electrons. The Labute approximate surface area is 46.3 Å². The second-order valence-electron chi connectivity index (χ2n) is 1.08. The Hall–Kier alpha value is -0.620. The summed E-state index contributed by atoms with van der Waals surface area (Å²) in [7, 11) is 0. The highest BCUT2D eigenvalue weighted by molar-refractivity contribution is 5.00. The molecule has 0 aliphatic rings. The first-order valence-corrected chi connectivity index (χ1v) is 2.12. The quantitative estimate of drug-likeness (QED) is 0.460. The van der Waals surface area contributed by atoms with Crippen molar-refractivity contribution in [1.82, 2.24) is 0 Å². The monoisotopic (exact) mass is 119 g/mol. The van der Waals surface area contributed by atoms with Crippen molar-refractivity contribution in [2.24, 2.45) is 0 Å². The van der Waals surface area contributed by atoms with Gasteiger partial charge in [0.1, 0.15) is 0 Å². The van der Waals surface area contributed by atoms with Crippen LogP contribution in [0.25, 0.3) is 0 Å². The Kier molecular flexibility index (Phi) is 4.19. The van der Waals surface area contributed by atoms with E-state index in [2.05, 4.69) is 0 Å². The summed E-state index contributed by atoms with van der Waals surface area (Å²) in [5.74, 6) is 3.59. The summed E-state index contributed by atoms with van der Waals surface area (Å²) >= 11 is 0. The van der Waals surface area contributed by atoms with Crippen molar-refractivity contribution < 1.29 is 13.9 Å². The zero-order valence-corrected chi connectivity index (χ0v) is 4.16. The smallest absolute Gasteiger partial charge is 0.236 e. The summed E-state index contributed by atoms with van der Waals surface area (Å²) in [6, 6.07) is 0. The first-order chi connectivity index (χ1) is 3.77. The van der Waals surface area contributed by atoms with Gasteiger partial charge >= 0.3 is 0 Å². The van der Waals surface area contributed by atoms with Crippen LogP contribution in [0, 0.1) is 11.8 Å². The van der Waals surface area contributed by atoms with Crippen molar-refractivity contribution in [3.8, 4) is 11.8 Å². The van der Waals surface area contributed by atoms with Crippen LogP contribution in [0.2, 0.25) is 0 Å². The van der Waals surface area contributed by atoms with E-state index in [9.17, 15) is 13.9 Å². The van der Waals surface area contributed by atoms with Crippen LogP contribution >= 0.6 is 0 Å². The van der Waals surface area contributed by atoms with Crippen molar-refractivity contribution in [3.63, 3.8) is 0 Å². The summed E-state index contributed by atoms with van der Waals surface area (Å²) < 4.78 is 22.2. The van der Waals surface area contributed by atoms with Crippen LogP contribution in [0.5, 0.6) is 0 Å². The lowest BCUT2D eigenvalue weighted by Crippen LogP contribution is -1.81. The summed E-state index contributed by atoms with van der Waals surface area (Å²) in [6.45, 7) is -0.403. The van der Waals surface area contributed by atoms with Gasteiger partial charge in [0.25, 0.3) is 6.43 Å². The molecule has 8 heavy (non-hydrogen) atoms. The normalized spacial score (nSPS) is 8.50. The van der Waals surface area contributed by atoms with Crippen LogP contribution in [-0.4, -0.2) is 13.0 Å². The third-order valence-corrected chi connectivity index (χ3v) is 0.438. The summed E-state index contributed by atoms with van der Waals surface area (Å²) in [5, 5.41) is 9.56. The van der Waals surface area contributed by atoms with Crippen LogP contribution in [0.1, 0.15) is 6.42 Å². The maximum Gasteiger partial charge on any atom is 0.298 e. The molecule has 0 unspecified atom stereocenters. The van der Waals surface area contributed by atoms with Gasteiger partial charge in [0.05, 0.1) is 6.61 Å². The fraction of sp³-hybridized carbons (Fsp3) is 0.600. The van der Waals surface area contributed by atoms with Crippen LogP contribution in [0.3, 0.4) is 0 Å². The van der Waals surface area contributed by atoms with Gasteiger partial charge in [-0.05, 0) is 5.92 Å². The molecule has 0 heterocycles. The Morgan fingerprint density at radius 2 is 2.12 bits per heavy atom. The molecule has 0 atom stereocenters. The molecule has 0 fully saturated rings. The van der Waals surface area contributed by atoms with E-state index in [1.807, 2.05) is 5.92 Å². The molecule has 3 heteroatoms. The maximum absolute atomic E-state index is 11.1. The molecule has 1 radical (unpaired) electrons. The molecule has 0 rings (SSSR count). The molecule has 0 bridgehead atoms. The molecular weight excluding hydrogens is 114 g/mol. The van der Waals surface area contributed by atoms with Crippen LogP contribution in [0.15, 0.2) is 0 Å². The minimum atomic E-state index is -2.60. The topological polar surface area (TPSA) is 19.9 Å². The molecular formula is C5H5F2O. The average Bonchev–Trinajstić information content (AvgIpc) is 1.66. The largest absolute Gasteiger partial charge is 0.298 e. The van der Waals surface area contributed by atoms with Gasteiger partial charge in [-0.25, -0.2) is 5.11 Å². The molecule has 0 aromatic rings. The Morgan fingerprint density at radius 1 is 1.50 bits per heavy atom. The first kappa shape index (κ1) is 7.38. The SMILES string of the molecule is [O]CCC#CC(F)F. The van der Waals surface area contributed by atoms with Gasteiger partial charge in [-0.15, -0.1) is 0 Å². The van der Waals surface area contributed by atoms with Crippen molar-refractivity contribution >= 4 is 0 Å². The fourth-order valence-electron chi connectivity index (χ4n) is 0.200. The van der Waals surface area contributed by atoms with E-state index < -0.39 is 13.0 Å². The van der Waals surface area contributed by atoms with E-state index in [-0.39, 0.29) is 6.42 Å². The average molecular weight is 119 g/mol. The summed E-state index contributed by atoms with van der Waals surface area (Å²) in [5.41, 5.74) is 0. The van der Waals surface area contributed by atoms with Gasteiger partial charge in [0.2, 0.25) is 0 Å². The number of hydrogen-bond acceptors (Lipinski definition) is 0. The molecule has 0 N–H and O–H groups in total. The second-order valence-corrected chi connectivity index (χ2v) is 1.08. The Bertz CT molecular complexity index is 101. The zero-order valence-electron chi connectivity index (χ0n) is 4.16. The Balaban J connectivity index is 3.20. The van der Waals surface area contributed by atoms with Crippen molar-refractivity contribution in [1.29, 1.82) is 0 Å². The molecule has 0 saturated heterocycles. The lowest BCUT2D eigenvalue weighted by atomic mass is 10.4. The van der Waals surface area contributed by atoms with Gasteiger partial charge in [-0.2, -0.15) is 8.78 Å². The highest BCUT2D eigenvalue weighted by Gasteiger charge is 1.89. The number of rotatable bonds is 1. The van der Waals surface area contributed by atoms with E-state index in [1.165, 1.54) is 0 Å². The zero-order chi connectivity index (χ0) is 6.41. The number of halogens is 2. The molecule has 0 spiro atoms. The van der Waals surface area contributed by atoms with Crippen molar-refractivity contribution in [2.75, 3.05) is 6.61 Å². The van der Waals surface area contributed by atoms with E-state index >= 15 is 0 Å². The summed E-state index contributed by atoms with van der Waals surface area (Å²) in [6.07, 6.45) is -2.58. The fourth-order valence-corrected chi connectivity index (χ4v) is 0.200.